The lowest BCUT2D eigenvalue weighted by Gasteiger charge is -2.22. The summed E-state index contributed by atoms with van der Waals surface area (Å²) in [5, 5.41) is 23.5. The van der Waals surface area contributed by atoms with E-state index < -0.39 is 12.1 Å². The number of allylic oxidation sites excluding steroid dienone is 4. The number of hydrogen-bond acceptors (Lipinski definition) is 5. The average molecular weight is 1160 g/mol. The molecule has 0 rings (SSSR count). The van der Waals surface area contributed by atoms with Crippen LogP contribution in [0.1, 0.15) is 425 Å². The molecule has 0 aliphatic rings. The molecule has 6 nitrogen and oxygen atoms in total. The first-order valence-electron chi connectivity index (χ1n) is 37.6. The Morgan fingerprint density at radius 3 is 0.963 bits per heavy atom. The minimum atomic E-state index is -0.664. The van der Waals surface area contributed by atoms with E-state index in [4.69, 9.17) is 4.74 Å². The van der Waals surface area contributed by atoms with Gasteiger partial charge in [0.1, 0.15) is 0 Å². The lowest BCUT2D eigenvalue weighted by Crippen LogP contribution is -2.45. The summed E-state index contributed by atoms with van der Waals surface area (Å²) in [4.78, 5) is 24.6. The number of rotatable bonds is 71. The normalized spacial score (nSPS) is 12.6. The predicted octanol–water partition coefficient (Wildman–Crippen LogP) is 24.5. The van der Waals surface area contributed by atoms with Crippen molar-refractivity contribution in [2.75, 3.05) is 13.2 Å². The van der Waals surface area contributed by atoms with Gasteiger partial charge in [0.2, 0.25) is 5.91 Å². The van der Waals surface area contributed by atoms with Crippen LogP contribution in [-0.2, 0) is 14.3 Å². The molecule has 0 spiro atoms. The molecule has 0 bridgehead atoms. The number of carbonyl (C=O) groups is 2. The average Bonchev–Trinajstić information content (AvgIpc) is 3.48. The fourth-order valence-corrected chi connectivity index (χ4v) is 12.0. The molecule has 2 unspecified atom stereocenters. The van der Waals surface area contributed by atoms with Crippen LogP contribution in [0, 0.1) is 0 Å². The maximum atomic E-state index is 12.6. The third kappa shape index (κ3) is 67.5. The highest BCUT2D eigenvalue weighted by Crippen LogP contribution is 2.20. The Morgan fingerprint density at radius 2 is 0.622 bits per heavy atom. The van der Waals surface area contributed by atoms with Gasteiger partial charge >= 0.3 is 5.97 Å². The molecular formula is C76H147NO5. The number of amides is 1. The minimum Gasteiger partial charge on any atom is -0.466 e. The van der Waals surface area contributed by atoms with Crippen molar-refractivity contribution < 1.29 is 24.5 Å². The Balaban J connectivity index is 3.36. The van der Waals surface area contributed by atoms with Gasteiger partial charge in [-0.3, -0.25) is 9.59 Å². The molecule has 1 amide bonds. The number of aliphatic hydroxyl groups is 2. The van der Waals surface area contributed by atoms with Crippen molar-refractivity contribution in [2.45, 2.75) is 437 Å². The summed E-state index contributed by atoms with van der Waals surface area (Å²) in [5.41, 5.74) is 0. The molecular weight excluding hydrogens is 1010 g/mol. The summed E-state index contributed by atoms with van der Waals surface area (Å²) < 4.78 is 5.49. The van der Waals surface area contributed by atoms with Gasteiger partial charge < -0.3 is 20.3 Å². The number of carbonyl (C=O) groups excluding carboxylic acids is 2. The van der Waals surface area contributed by atoms with Gasteiger partial charge in [0, 0.05) is 12.8 Å². The van der Waals surface area contributed by atoms with Gasteiger partial charge in [0.15, 0.2) is 0 Å². The second kappa shape index (κ2) is 71.8. The van der Waals surface area contributed by atoms with Gasteiger partial charge in [0.25, 0.3) is 0 Å². The van der Waals surface area contributed by atoms with Gasteiger partial charge in [-0.2, -0.15) is 0 Å². The first kappa shape index (κ1) is 80.3. The Morgan fingerprint density at radius 1 is 0.341 bits per heavy atom. The first-order chi connectivity index (χ1) is 40.5. The van der Waals surface area contributed by atoms with E-state index in [0.717, 1.165) is 51.4 Å². The van der Waals surface area contributed by atoms with Crippen LogP contribution in [0.15, 0.2) is 24.3 Å². The predicted molar refractivity (Wildman–Crippen MR) is 361 cm³/mol. The molecule has 0 heterocycles. The van der Waals surface area contributed by atoms with Crippen molar-refractivity contribution in [3.63, 3.8) is 0 Å². The van der Waals surface area contributed by atoms with E-state index in [1.54, 1.807) is 0 Å². The molecule has 0 aromatic heterocycles. The fraction of sp³-hybridized carbons (Fsp3) is 0.921. The largest absolute Gasteiger partial charge is 0.466 e. The Bertz CT molecular complexity index is 1280. The molecule has 2 atom stereocenters. The Hall–Kier alpha value is -1.66. The van der Waals surface area contributed by atoms with Crippen LogP contribution < -0.4 is 5.32 Å². The quantitative estimate of drug-likeness (QED) is 0.0320. The van der Waals surface area contributed by atoms with Crippen LogP contribution in [0.25, 0.3) is 0 Å². The lowest BCUT2D eigenvalue weighted by atomic mass is 10.0. The van der Waals surface area contributed by atoms with Crippen LogP contribution in [0.2, 0.25) is 0 Å². The van der Waals surface area contributed by atoms with Crippen LogP contribution in [0.4, 0.5) is 0 Å². The molecule has 0 fully saturated rings. The number of esters is 1. The van der Waals surface area contributed by atoms with Crippen molar-refractivity contribution in [1.82, 2.24) is 5.32 Å². The molecule has 0 saturated heterocycles. The van der Waals surface area contributed by atoms with E-state index in [1.165, 1.54) is 340 Å². The van der Waals surface area contributed by atoms with Gasteiger partial charge in [-0.15, -0.1) is 0 Å². The van der Waals surface area contributed by atoms with E-state index in [9.17, 15) is 19.8 Å². The molecule has 0 aromatic carbocycles. The number of hydrogen-bond donors (Lipinski definition) is 3. The zero-order valence-electron chi connectivity index (χ0n) is 55.8. The zero-order chi connectivity index (χ0) is 59.2. The molecule has 3 N–H and O–H groups in total. The molecule has 0 aliphatic heterocycles. The third-order valence-corrected chi connectivity index (χ3v) is 17.8. The second-order valence-electron chi connectivity index (χ2n) is 26.0. The van der Waals surface area contributed by atoms with Gasteiger partial charge in [-0.1, -0.05) is 385 Å². The second-order valence-corrected chi connectivity index (χ2v) is 26.0. The molecule has 0 radical (unpaired) electrons. The Kier molecular flexibility index (Phi) is 70.4. The standard InChI is InChI=1S/C76H147NO5/c1-3-5-7-9-11-13-15-17-19-20-21-22-23-29-32-35-38-41-44-48-52-56-60-64-68-74(79)73(72-78)77-75(80)69-65-61-57-53-49-45-42-39-36-33-30-27-25-24-26-28-31-34-37-40-43-47-51-55-59-63-67-71-82-76(81)70-66-62-58-54-50-46-18-16-14-12-10-8-6-4-2/h10,12,16,18,73-74,78-79H,3-9,11,13-15,17,19-72H2,1-2H3,(H,77,80)/b12-10-,18-16-. The monoisotopic (exact) mass is 1150 g/mol. The van der Waals surface area contributed by atoms with Crippen molar-refractivity contribution in [2.24, 2.45) is 0 Å². The van der Waals surface area contributed by atoms with Gasteiger partial charge in [-0.25, -0.2) is 0 Å². The summed E-state index contributed by atoms with van der Waals surface area (Å²) in [5.74, 6) is -0.0226. The van der Waals surface area contributed by atoms with E-state index in [0.29, 0.717) is 25.9 Å². The van der Waals surface area contributed by atoms with Crippen molar-refractivity contribution >= 4 is 11.9 Å². The fourth-order valence-electron chi connectivity index (χ4n) is 12.0. The number of aliphatic hydroxyl groups excluding tert-OH is 2. The lowest BCUT2D eigenvalue weighted by molar-refractivity contribution is -0.143. The molecule has 82 heavy (non-hydrogen) atoms. The van der Waals surface area contributed by atoms with Gasteiger partial charge in [0.05, 0.1) is 25.4 Å². The van der Waals surface area contributed by atoms with Crippen molar-refractivity contribution in [3.05, 3.63) is 24.3 Å². The number of ether oxygens (including phenoxy) is 1. The molecule has 0 aromatic rings. The summed E-state index contributed by atoms with van der Waals surface area (Å²) in [7, 11) is 0. The third-order valence-electron chi connectivity index (χ3n) is 17.8. The highest BCUT2D eigenvalue weighted by molar-refractivity contribution is 5.76. The minimum absolute atomic E-state index is 0.00436. The van der Waals surface area contributed by atoms with E-state index in [1.807, 2.05) is 0 Å². The molecule has 486 valence electrons. The molecule has 6 heteroatoms. The Labute approximate surface area is 513 Å². The molecule has 0 aliphatic carbocycles. The van der Waals surface area contributed by atoms with E-state index >= 15 is 0 Å². The summed E-state index contributed by atoms with van der Waals surface area (Å²) in [6.07, 6.45) is 91.0. The summed E-state index contributed by atoms with van der Waals surface area (Å²) in [6, 6.07) is -0.541. The maximum Gasteiger partial charge on any atom is 0.305 e. The highest BCUT2D eigenvalue weighted by atomic mass is 16.5. The number of nitrogens with one attached hydrogen (secondary N) is 1. The number of unbranched alkanes of at least 4 members (excludes halogenated alkanes) is 56. The highest BCUT2D eigenvalue weighted by Gasteiger charge is 2.20. The van der Waals surface area contributed by atoms with E-state index in [2.05, 4.69) is 43.5 Å². The first-order valence-corrected chi connectivity index (χ1v) is 37.6. The summed E-state index contributed by atoms with van der Waals surface area (Å²) >= 11 is 0. The molecule has 0 saturated carbocycles. The van der Waals surface area contributed by atoms with Crippen LogP contribution in [0.3, 0.4) is 0 Å². The van der Waals surface area contributed by atoms with Crippen molar-refractivity contribution in [3.8, 4) is 0 Å². The summed E-state index contributed by atoms with van der Waals surface area (Å²) in [6.45, 7) is 4.95. The topological polar surface area (TPSA) is 95.9 Å². The SMILES string of the molecule is CCCC/C=C\C/C=C\CCCCCCCC(=O)OCCCCCCCCCCCCCCCCCCCCCCCCCCCCCC(=O)NC(CO)C(O)CCCCCCCCCCCCCCCCCCCCCCCCCC. The van der Waals surface area contributed by atoms with Crippen LogP contribution in [-0.4, -0.2) is 47.4 Å². The smallest absolute Gasteiger partial charge is 0.305 e. The van der Waals surface area contributed by atoms with E-state index in [-0.39, 0.29) is 18.5 Å². The maximum absolute atomic E-state index is 12.6. The van der Waals surface area contributed by atoms with Crippen LogP contribution in [0.5, 0.6) is 0 Å². The van der Waals surface area contributed by atoms with Crippen molar-refractivity contribution in [1.29, 1.82) is 0 Å². The van der Waals surface area contributed by atoms with Crippen LogP contribution >= 0.6 is 0 Å². The zero-order valence-corrected chi connectivity index (χ0v) is 55.8. The van der Waals surface area contributed by atoms with Gasteiger partial charge in [-0.05, 0) is 51.4 Å².